The van der Waals surface area contributed by atoms with Gasteiger partial charge in [0.1, 0.15) is 18.5 Å². The molecule has 3 aromatic carbocycles. The molecule has 0 aromatic heterocycles. The van der Waals surface area contributed by atoms with Crippen LogP contribution in [0.1, 0.15) is 31.9 Å². The normalized spacial score (nSPS) is 12.7. The Hall–Kier alpha value is -2.33. The van der Waals surface area contributed by atoms with E-state index in [0.29, 0.717) is 6.54 Å². The molecule has 1 unspecified atom stereocenters. The molecule has 0 fully saturated rings. The number of ether oxygens (including phenoxy) is 1. The van der Waals surface area contributed by atoms with Crippen molar-refractivity contribution in [2.45, 2.75) is 38.8 Å². The third-order valence-corrected chi connectivity index (χ3v) is 5.61. The Morgan fingerprint density at radius 3 is 2.19 bits per heavy atom. The Morgan fingerprint density at radius 2 is 1.58 bits per heavy atom. The molecule has 0 aliphatic carbocycles. The molecule has 4 heteroatoms. The van der Waals surface area contributed by atoms with Crippen LogP contribution in [0.3, 0.4) is 0 Å². The van der Waals surface area contributed by atoms with Gasteiger partial charge < -0.3 is 9.84 Å². The lowest BCUT2D eigenvalue weighted by atomic mass is 9.87. The Balaban J connectivity index is 1.48. The van der Waals surface area contributed by atoms with Gasteiger partial charge in [-0.2, -0.15) is 0 Å². The lowest BCUT2D eigenvalue weighted by Crippen LogP contribution is -2.32. The number of hydrogen-bond acceptors (Lipinski definition) is 3. The van der Waals surface area contributed by atoms with Crippen molar-refractivity contribution in [2.75, 3.05) is 20.2 Å². The van der Waals surface area contributed by atoms with Gasteiger partial charge >= 0.3 is 0 Å². The average molecular weight is 438 g/mol. The summed E-state index contributed by atoms with van der Waals surface area (Å²) in [6.07, 6.45) is -0.560. The molecular formula is C27H32ClNO2. The van der Waals surface area contributed by atoms with Gasteiger partial charge in [-0.05, 0) is 47.4 Å². The van der Waals surface area contributed by atoms with Crippen molar-refractivity contribution >= 4 is 11.6 Å². The van der Waals surface area contributed by atoms with Crippen LogP contribution in [0.5, 0.6) is 5.75 Å². The number of aliphatic hydroxyl groups is 1. The van der Waals surface area contributed by atoms with Crippen LogP contribution in [-0.4, -0.2) is 36.3 Å². The lowest BCUT2D eigenvalue weighted by Gasteiger charge is -2.22. The van der Waals surface area contributed by atoms with Crippen LogP contribution in [0, 0.1) is 0 Å². The number of hydrogen-bond donors (Lipinski definition) is 1. The quantitative estimate of drug-likeness (QED) is 0.457. The van der Waals surface area contributed by atoms with Crippen molar-refractivity contribution < 1.29 is 9.84 Å². The van der Waals surface area contributed by atoms with Crippen molar-refractivity contribution in [1.82, 2.24) is 4.90 Å². The van der Waals surface area contributed by atoms with E-state index in [4.69, 9.17) is 16.3 Å². The van der Waals surface area contributed by atoms with E-state index in [2.05, 4.69) is 62.1 Å². The fourth-order valence-corrected chi connectivity index (χ4v) is 3.76. The molecule has 3 rings (SSSR count). The maximum Gasteiger partial charge on any atom is 0.119 e. The summed E-state index contributed by atoms with van der Waals surface area (Å²) in [7, 11) is 2.00. The SMILES string of the molecule is CN(Cc1ccc(-c2ccccc2Cl)cc1)CC(O)COc1ccc(C(C)(C)C)cc1. The molecule has 0 radical (unpaired) electrons. The summed E-state index contributed by atoms with van der Waals surface area (Å²) in [5, 5.41) is 11.1. The number of nitrogens with zero attached hydrogens (tertiary/aromatic N) is 1. The van der Waals surface area contributed by atoms with Crippen molar-refractivity contribution in [3.63, 3.8) is 0 Å². The van der Waals surface area contributed by atoms with Crippen LogP contribution >= 0.6 is 11.6 Å². The lowest BCUT2D eigenvalue weighted by molar-refractivity contribution is 0.0744. The first-order valence-electron chi connectivity index (χ1n) is 10.7. The predicted octanol–water partition coefficient (Wildman–Crippen LogP) is 6.18. The second-order valence-corrected chi connectivity index (χ2v) is 9.52. The van der Waals surface area contributed by atoms with Gasteiger partial charge in [-0.3, -0.25) is 4.90 Å². The van der Waals surface area contributed by atoms with Crippen LogP contribution in [0.2, 0.25) is 5.02 Å². The maximum atomic E-state index is 10.4. The molecule has 0 aliphatic rings. The molecule has 0 aliphatic heterocycles. The molecule has 0 saturated carbocycles. The van der Waals surface area contributed by atoms with E-state index >= 15 is 0 Å². The van der Waals surface area contributed by atoms with E-state index < -0.39 is 6.10 Å². The van der Waals surface area contributed by atoms with Crippen LogP contribution in [0.25, 0.3) is 11.1 Å². The third-order valence-electron chi connectivity index (χ3n) is 5.28. The Kier molecular flexibility index (Phi) is 7.77. The molecule has 0 heterocycles. The Bertz CT molecular complexity index is 962. The van der Waals surface area contributed by atoms with E-state index in [1.54, 1.807) is 0 Å². The molecule has 1 atom stereocenters. The van der Waals surface area contributed by atoms with Gasteiger partial charge in [0.15, 0.2) is 0 Å². The Labute approximate surface area is 191 Å². The van der Waals surface area contributed by atoms with Crippen molar-refractivity contribution in [2.24, 2.45) is 0 Å². The highest BCUT2D eigenvalue weighted by atomic mass is 35.5. The van der Waals surface area contributed by atoms with Crippen molar-refractivity contribution in [3.05, 3.63) is 88.9 Å². The Morgan fingerprint density at radius 1 is 0.935 bits per heavy atom. The van der Waals surface area contributed by atoms with Gasteiger partial charge in [0.05, 0.1) is 0 Å². The summed E-state index contributed by atoms with van der Waals surface area (Å²) in [5.74, 6) is 0.782. The summed E-state index contributed by atoms with van der Waals surface area (Å²) in [5.41, 5.74) is 4.70. The number of benzene rings is 3. The standard InChI is InChI=1S/C27H32ClNO2/c1-27(2,3)22-13-15-24(16-14-22)31-19-23(30)18-29(4)17-20-9-11-21(12-10-20)25-7-5-6-8-26(25)28/h5-16,23,30H,17-19H2,1-4H3. The minimum atomic E-state index is -0.560. The van der Waals surface area contributed by atoms with E-state index in [1.165, 1.54) is 11.1 Å². The molecule has 3 aromatic rings. The van der Waals surface area contributed by atoms with E-state index in [0.717, 1.165) is 28.4 Å². The third kappa shape index (κ3) is 6.83. The number of likely N-dealkylation sites (N-methyl/N-ethyl adjacent to an activating group) is 1. The maximum absolute atomic E-state index is 10.4. The number of halogens is 1. The molecular weight excluding hydrogens is 406 g/mol. The zero-order valence-electron chi connectivity index (χ0n) is 18.8. The van der Waals surface area contributed by atoms with Crippen molar-refractivity contribution in [3.8, 4) is 16.9 Å². The van der Waals surface area contributed by atoms with E-state index in [9.17, 15) is 5.11 Å². The fourth-order valence-electron chi connectivity index (χ4n) is 3.52. The van der Waals surface area contributed by atoms with Crippen molar-refractivity contribution in [1.29, 1.82) is 0 Å². The molecule has 0 amide bonds. The molecule has 1 N–H and O–H groups in total. The first-order chi connectivity index (χ1) is 14.7. The summed E-state index contributed by atoms with van der Waals surface area (Å²) in [4.78, 5) is 2.10. The zero-order valence-corrected chi connectivity index (χ0v) is 19.6. The summed E-state index contributed by atoms with van der Waals surface area (Å²) in [6, 6.07) is 24.4. The highest BCUT2D eigenvalue weighted by molar-refractivity contribution is 6.33. The molecule has 31 heavy (non-hydrogen) atoms. The topological polar surface area (TPSA) is 32.7 Å². The highest BCUT2D eigenvalue weighted by Crippen LogP contribution is 2.28. The molecule has 0 spiro atoms. The number of aliphatic hydroxyl groups excluding tert-OH is 1. The predicted molar refractivity (Wildman–Crippen MR) is 130 cm³/mol. The van der Waals surface area contributed by atoms with Gasteiger partial charge in [0.25, 0.3) is 0 Å². The van der Waals surface area contributed by atoms with Crippen LogP contribution in [0.15, 0.2) is 72.8 Å². The summed E-state index contributed by atoms with van der Waals surface area (Å²) >= 11 is 6.29. The van der Waals surface area contributed by atoms with Gasteiger partial charge in [-0.1, -0.05) is 87.0 Å². The smallest absolute Gasteiger partial charge is 0.119 e. The summed E-state index contributed by atoms with van der Waals surface area (Å²) in [6.45, 7) is 8.11. The average Bonchev–Trinajstić information content (AvgIpc) is 2.73. The monoisotopic (exact) mass is 437 g/mol. The van der Waals surface area contributed by atoms with Gasteiger partial charge in [0.2, 0.25) is 0 Å². The molecule has 0 saturated heterocycles. The molecule has 164 valence electrons. The van der Waals surface area contributed by atoms with E-state index in [-0.39, 0.29) is 12.0 Å². The van der Waals surface area contributed by atoms with Gasteiger partial charge in [0, 0.05) is 23.7 Å². The zero-order chi connectivity index (χ0) is 22.4. The fraction of sp³-hybridized carbons (Fsp3) is 0.333. The highest BCUT2D eigenvalue weighted by Gasteiger charge is 2.14. The first-order valence-corrected chi connectivity index (χ1v) is 11.0. The molecule has 3 nitrogen and oxygen atoms in total. The minimum Gasteiger partial charge on any atom is -0.491 e. The van der Waals surface area contributed by atoms with Crippen LogP contribution < -0.4 is 4.74 Å². The second kappa shape index (κ2) is 10.3. The molecule has 0 bridgehead atoms. The largest absolute Gasteiger partial charge is 0.491 e. The van der Waals surface area contributed by atoms with Gasteiger partial charge in [-0.15, -0.1) is 0 Å². The first kappa shape index (κ1) is 23.3. The summed E-state index contributed by atoms with van der Waals surface area (Å²) < 4.78 is 5.77. The van der Waals surface area contributed by atoms with Crippen LogP contribution in [0.4, 0.5) is 0 Å². The minimum absolute atomic E-state index is 0.117. The van der Waals surface area contributed by atoms with E-state index in [1.807, 2.05) is 43.4 Å². The number of rotatable bonds is 8. The second-order valence-electron chi connectivity index (χ2n) is 9.11. The van der Waals surface area contributed by atoms with Gasteiger partial charge in [-0.25, -0.2) is 0 Å². The van der Waals surface area contributed by atoms with Crippen LogP contribution in [-0.2, 0) is 12.0 Å².